The first kappa shape index (κ1) is 24.7. The zero-order valence-corrected chi connectivity index (χ0v) is 19.2. The Morgan fingerprint density at radius 1 is 1.06 bits per heavy atom. The molecule has 2 rings (SSSR count). The number of carbonyl (C=O) groups excluding carboxylic acids is 2. The molecule has 2 aromatic carbocycles. The van der Waals surface area contributed by atoms with Crippen molar-refractivity contribution in [1.82, 2.24) is 10.7 Å². The van der Waals surface area contributed by atoms with Gasteiger partial charge in [-0.05, 0) is 43.0 Å². The first-order chi connectivity index (χ1) is 15.3. The number of aryl methyl sites for hydroxylation is 1. The van der Waals surface area contributed by atoms with Crippen molar-refractivity contribution >= 4 is 18.0 Å². The van der Waals surface area contributed by atoms with E-state index in [9.17, 15) is 9.59 Å². The lowest BCUT2D eigenvalue weighted by molar-refractivity contribution is -0.130. The van der Waals surface area contributed by atoms with Crippen molar-refractivity contribution in [2.24, 2.45) is 11.0 Å². The second-order valence-electron chi connectivity index (χ2n) is 7.65. The third-order valence-corrected chi connectivity index (χ3v) is 4.63. The van der Waals surface area contributed by atoms with E-state index in [1.807, 2.05) is 39.0 Å². The SMILES string of the molecule is COc1ccc(/C=N\NC(=O)[C@@H](CC(C)C)NC(=O)COc2ccccc2C)c(OC)c1. The van der Waals surface area contributed by atoms with E-state index in [4.69, 9.17) is 14.2 Å². The van der Waals surface area contributed by atoms with E-state index >= 15 is 0 Å². The minimum absolute atomic E-state index is 0.182. The van der Waals surface area contributed by atoms with Crippen LogP contribution >= 0.6 is 0 Å². The second-order valence-corrected chi connectivity index (χ2v) is 7.65. The van der Waals surface area contributed by atoms with Crippen LogP contribution in [-0.4, -0.2) is 44.9 Å². The van der Waals surface area contributed by atoms with Gasteiger partial charge in [0.15, 0.2) is 6.61 Å². The number of hydrogen-bond donors (Lipinski definition) is 2. The van der Waals surface area contributed by atoms with Gasteiger partial charge in [-0.1, -0.05) is 32.0 Å². The van der Waals surface area contributed by atoms with E-state index in [2.05, 4.69) is 15.8 Å². The molecule has 2 aromatic rings. The van der Waals surface area contributed by atoms with Crippen LogP contribution in [0.25, 0.3) is 0 Å². The van der Waals surface area contributed by atoms with E-state index in [-0.39, 0.29) is 18.4 Å². The molecule has 0 heterocycles. The summed E-state index contributed by atoms with van der Waals surface area (Å²) >= 11 is 0. The lowest BCUT2D eigenvalue weighted by Gasteiger charge is -2.19. The summed E-state index contributed by atoms with van der Waals surface area (Å²) < 4.78 is 16.1. The Morgan fingerprint density at radius 3 is 2.47 bits per heavy atom. The summed E-state index contributed by atoms with van der Waals surface area (Å²) in [5.74, 6) is 1.24. The quantitative estimate of drug-likeness (QED) is 0.413. The van der Waals surface area contributed by atoms with Crippen molar-refractivity contribution in [1.29, 1.82) is 0 Å². The topological polar surface area (TPSA) is 98.2 Å². The number of ether oxygens (including phenoxy) is 3. The van der Waals surface area contributed by atoms with Gasteiger partial charge in [0, 0.05) is 11.6 Å². The van der Waals surface area contributed by atoms with E-state index in [1.165, 1.54) is 13.3 Å². The Morgan fingerprint density at radius 2 is 1.81 bits per heavy atom. The molecule has 0 saturated heterocycles. The zero-order valence-electron chi connectivity index (χ0n) is 19.2. The molecular weight excluding hydrogens is 410 g/mol. The summed E-state index contributed by atoms with van der Waals surface area (Å²) in [7, 11) is 3.11. The molecule has 0 saturated carbocycles. The highest BCUT2D eigenvalue weighted by Crippen LogP contribution is 2.23. The van der Waals surface area contributed by atoms with Crippen LogP contribution < -0.4 is 25.0 Å². The second kappa shape index (κ2) is 12.3. The lowest BCUT2D eigenvalue weighted by atomic mass is 10.0. The molecule has 0 aliphatic rings. The van der Waals surface area contributed by atoms with Crippen molar-refractivity contribution in [2.75, 3.05) is 20.8 Å². The average molecular weight is 442 g/mol. The van der Waals surface area contributed by atoms with Gasteiger partial charge in [0.25, 0.3) is 11.8 Å². The summed E-state index contributed by atoms with van der Waals surface area (Å²) in [6, 6.07) is 11.9. The fraction of sp³-hybridized carbons (Fsp3) is 0.375. The maximum absolute atomic E-state index is 12.7. The number of rotatable bonds is 11. The van der Waals surface area contributed by atoms with E-state index in [0.717, 1.165) is 5.56 Å². The molecule has 2 N–H and O–H groups in total. The summed E-state index contributed by atoms with van der Waals surface area (Å²) in [5, 5.41) is 6.75. The molecule has 0 spiro atoms. The molecular formula is C24H31N3O5. The highest BCUT2D eigenvalue weighted by atomic mass is 16.5. The molecule has 0 aliphatic carbocycles. The van der Waals surface area contributed by atoms with Crippen LogP contribution in [0.5, 0.6) is 17.2 Å². The summed E-state index contributed by atoms with van der Waals surface area (Å²) in [4.78, 5) is 25.0. The maximum atomic E-state index is 12.7. The standard InChI is InChI=1S/C24H31N3O5/c1-16(2)12-20(26-23(28)15-32-21-9-7-6-8-17(21)3)24(29)27-25-14-18-10-11-19(30-4)13-22(18)31-5/h6-11,13-14,16,20H,12,15H2,1-5H3,(H,26,28)(H,27,29)/b25-14-/t20-/m1/s1. The van der Waals surface area contributed by atoms with Gasteiger partial charge in [0.05, 0.1) is 20.4 Å². The van der Waals surface area contributed by atoms with Gasteiger partial charge in [-0.15, -0.1) is 0 Å². The summed E-state index contributed by atoms with van der Waals surface area (Å²) in [5.41, 5.74) is 4.09. The highest BCUT2D eigenvalue weighted by Gasteiger charge is 2.22. The number of para-hydroxylation sites is 1. The zero-order chi connectivity index (χ0) is 23.5. The van der Waals surface area contributed by atoms with Gasteiger partial charge in [-0.25, -0.2) is 5.43 Å². The molecule has 8 nitrogen and oxygen atoms in total. The molecule has 0 fully saturated rings. The number of nitrogens with zero attached hydrogens (tertiary/aromatic N) is 1. The molecule has 0 aliphatic heterocycles. The minimum Gasteiger partial charge on any atom is -0.497 e. The van der Waals surface area contributed by atoms with E-state index in [1.54, 1.807) is 31.4 Å². The first-order valence-corrected chi connectivity index (χ1v) is 10.4. The first-order valence-electron chi connectivity index (χ1n) is 10.4. The number of hydrazone groups is 1. The monoisotopic (exact) mass is 441 g/mol. The number of hydrogen-bond acceptors (Lipinski definition) is 6. The lowest BCUT2D eigenvalue weighted by Crippen LogP contribution is -2.47. The average Bonchev–Trinajstić information content (AvgIpc) is 2.77. The molecule has 0 bridgehead atoms. The Kier molecular flexibility index (Phi) is 9.53. The Hall–Kier alpha value is -3.55. The Balaban J connectivity index is 1.97. The van der Waals surface area contributed by atoms with Crippen LogP contribution in [0.4, 0.5) is 0 Å². The predicted molar refractivity (Wildman–Crippen MR) is 123 cm³/mol. The van der Waals surface area contributed by atoms with Crippen LogP contribution in [0.15, 0.2) is 47.6 Å². The van der Waals surface area contributed by atoms with Gasteiger partial charge < -0.3 is 19.5 Å². The predicted octanol–water partition coefficient (Wildman–Crippen LogP) is 3.07. The number of benzene rings is 2. The smallest absolute Gasteiger partial charge is 0.262 e. The van der Waals surface area contributed by atoms with Crippen LogP contribution in [0.3, 0.4) is 0 Å². The normalized spacial score (nSPS) is 11.8. The largest absolute Gasteiger partial charge is 0.497 e. The van der Waals surface area contributed by atoms with Crippen LogP contribution in [0, 0.1) is 12.8 Å². The van der Waals surface area contributed by atoms with Gasteiger partial charge in [0.2, 0.25) is 0 Å². The fourth-order valence-electron chi connectivity index (χ4n) is 2.97. The van der Waals surface area contributed by atoms with Crippen molar-refractivity contribution in [2.45, 2.75) is 33.2 Å². The maximum Gasteiger partial charge on any atom is 0.262 e. The molecule has 0 radical (unpaired) electrons. The molecule has 2 amide bonds. The Bertz CT molecular complexity index is 943. The number of nitrogens with one attached hydrogen (secondary N) is 2. The molecule has 0 unspecified atom stereocenters. The number of amides is 2. The third kappa shape index (κ3) is 7.61. The van der Waals surface area contributed by atoms with Crippen molar-refractivity contribution in [3.05, 3.63) is 53.6 Å². The van der Waals surface area contributed by atoms with Crippen molar-refractivity contribution in [3.63, 3.8) is 0 Å². The van der Waals surface area contributed by atoms with Crippen LogP contribution in [0.2, 0.25) is 0 Å². The third-order valence-electron chi connectivity index (χ3n) is 4.63. The molecule has 172 valence electrons. The fourth-order valence-corrected chi connectivity index (χ4v) is 2.97. The van der Waals surface area contributed by atoms with E-state index in [0.29, 0.717) is 29.2 Å². The summed E-state index contributed by atoms with van der Waals surface area (Å²) in [6.45, 7) is 5.67. The number of methoxy groups -OCH3 is 2. The van der Waals surface area contributed by atoms with Gasteiger partial charge >= 0.3 is 0 Å². The van der Waals surface area contributed by atoms with Gasteiger partial charge in [-0.3, -0.25) is 9.59 Å². The van der Waals surface area contributed by atoms with Crippen molar-refractivity contribution in [3.8, 4) is 17.2 Å². The molecule has 8 heteroatoms. The van der Waals surface area contributed by atoms with Crippen molar-refractivity contribution < 1.29 is 23.8 Å². The van der Waals surface area contributed by atoms with Crippen LogP contribution in [-0.2, 0) is 9.59 Å². The highest BCUT2D eigenvalue weighted by molar-refractivity contribution is 5.89. The Labute approximate surface area is 188 Å². The molecule has 1 atom stereocenters. The minimum atomic E-state index is -0.738. The van der Waals surface area contributed by atoms with Gasteiger partial charge in [-0.2, -0.15) is 5.10 Å². The number of carbonyl (C=O) groups is 2. The van der Waals surface area contributed by atoms with Gasteiger partial charge in [0.1, 0.15) is 23.3 Å². The molecule has 32 heavy (non-hydrogen) atoms. The van der Waals surface area contributed by atoms with Crippen LogP contribution in [0.1, 0.15) is 31.4 Å². The molecule has 0 aromatic heterocycles. The van der Waals surface area contributed by atoms with E-state index < -0.39 is 11.9 Å². The summed E-state index contributed by atoms with van der Waals surface area (Å²) in [6.07, 6.45) is 1.94.